The van der Waals surface area contributed by atoms with Gasteiger partial charge in [-0.1, -0.05) is 60.2 Å². The Morgan fingerprint density at radius 2 is 1.61 bits per heavy atom. The Kier molecular flexibility index (Phi) is 9.18. The summed E-state index contributed by atoms with van der Waals surface area (Å²) < 4.78 is 29.3. The number of carboxylic acids is 1. The third kappa shape index (κ3) is 6.25. The molecule has 0 radical (unpaired) electrons. The van der Waals surface area contributed by atoms with Gasteiger partial charge in [0.15, 0.2) is 0 Å². The number of hydrogen-bond donors (Lipinski definition) is 1. The van der Waals surface area contributed by atoms with Crippen LogP contribution in [0.1, 0.15) is 43.0 Å². The van der Waals surface area contributed by atoms with Crippen molar-refractivity contribution in [2.24, 2.45) is 5.92 Å². The van der Waals surface area contributed by atoms with Gasteiger partial charge in [-0.05, 0) is 62.6 Å². The molecule has 4 rings (SSSR count). The fourth-order valence-electron chi connectivity index (χ4n) is 5.05. The third-order valence-electron chi connectivity index (χ3n) is 7.29. The molecule has 1 aliphatic heterocycles. The van der Waals surface area contributed by atoms with Crippen LogP contribution < -0.4 is 4.90 Å². The minimum Gasteiger partial charge on any atom is -0.481 e. The lowest BCUT2D eigenvalue weighted by atomic mass is 9.90. The largest absolute Gasteiger partial charge is 0.481 e. The van der Waals surface area contributed by atoms with Crippen molar-refractivity contribution in [3.63, 3.8) is 0 Å². The van der Waals surface area contributed by atoms with Gasteiger partial charge in [0.05, 0.1) is 16.9 Å². The van der Waals surface area contributed by atoms with Gasteiger partial charge in [0.2, 0.25) is 10.0 Å². The van der Waals surface area contributed by atoms with Crippen LogP contribution in [-0.2, 0) is 20.6 Å². The Balaban J connectivity index is 1.71. The molecule has 202 valence electrons. The lowest BCUT2D eigenvalue weighted by Gasteiger charge is -2.42. The number of carbonyl (C=O) groups is 1. The van der Waals surface area contributed by atoms with Crippen LogP contribution in [0.5, 0.6) is 0 Å². The van der Waals surface area contributed by atoms with E-state index >= 15 is 0 Å². The number of nitrogens with zero attached hydrogens (tertiary/aromatic N) is 2. The number of piperidine rings is 1. The summed E-state index contributed by atoms with van der Waals surface area (Å²) in [5.74, 6) is -1.10. The van der Waals surface area contributed by atoms with E-state index in [0.717, 1.165) is 35.5 Å². The Morgan fingerprint density at radius 1 is 0.974 bits per heavy atom. The summed E-state index contributed by atoms with van der Waals surface area (Å²) >= 11 is 1.60. The number of benzene rings is 3. The number of aliphatic carboxylic acids is 1. The molecule has 0 aromatic heterocycles. The monoisotopic (exact) mass is 552 g/mol. The molecule has 0 saturated carbocycles. The van der Waals surface area contributed by atoms with E-state index in [1.54, 1.807) is 36.0 Å². The predicted molar refractivity (Wildman–Crippen MR) is 155 cm³/mol. The molecule has 1 saturated heterocycles. The van der Waals surface area contributed by atoms with Crippen molar-refractivity contribution >= 4 is 33.4 Å². The predicted octanol–water partition coefficient (Wildman–Crippen LogP) is 5.98. The van der Waals surface area contributed by atoms with Gasteiger partial charge in [0.1, 0.15) is 0 Å². The van der Waals surface area contributed by atoms with Gasteiger partial charge >= 0.3 is 5.97 Å². The minimum atomic E-state index is -3.92. The standard InChI is InChI=1S/C30H36N2O4S2/c1-4-31(5-2)25-15-13-24(14-16-25)28-19-29(37-21-23-9-7-6-8-10-23)27(30(33)34)20-32(28)38(35,36)26-17-11-22(3)12-18-26/h6-18,27-29H,4-5,19-21H2,1-3H3,(H,33,34)/t27-,28+,29-/m1/s1. The SMILES string of the molecule is CCN(CC)c1ccc([C@@H]2C[C@@H](SCc3ccccc3)[C@H](C(=O)O)CN2S(=O)(=O)c2ccc(C)cc2)cc1. The van der Waals surface area contributed by atoms with Crippen molar-refractivity contribution in [3.05, 3.63) is 95.6 Å². The molecule has 0 aliphatic carbocycles. The number of thioether (sulfide) groups is 1. The average molecular weight is 553 g/mol. The molecular formula is C30H36N2O4S2. The van der Waals surface area contributed by atoms with Crippen LogP contribution in [0.4, 0.5) is 5.69 Å². The maximum Gasteiger partial charge on any atom is 0.308 e. The van der Waals surface area contributed by atoms with Gasteiger partial charge in [-0.25, -0.2) is 8.42 Å². The molecule has 0 spiro atoms. The number of sulfonamides is 1. The molecule has 0 amide bonds. The molecule has 6 nitrogen and oxygen atoms in total. The highest BCUT2D eigenvalue weighted by molar-refractivity contribution is 7.99. The summed E-state index contributed by atoms with van der Waals surface area (Å²) in [6.45, 7) is 7.81. The summed E-state index contributed by atoms with van der Waals surface area (Å²) in [5.41, 5.74) is 4.05. The van der Waals surface area contributed by atoms with Crippen LogP contribution in [0.3, 0.4) is 0 Å². The number of rotatable bonds is 10. The first-order chi connectivity index (χ1) is 18.2. The summed E-state index contributed by atoms with van der Waals surface area (Å²) in [4.78, 5) is 14.8. The molecule has 0 bridgehead atoms. The van der Waals surface area contributed by atoms with Gasteiger partial charge in [0.25, 0.3) is 0 Å². The smallest absolute Gasteiger partial charge is 0.308 e. The molecule has 1 aliphatic rings. The van der Waals surface area contributed by atoms with E-state index in [-0.39, 0.29) is 16.7 Å². The van der Waals surface area contributed by atoms with Crippen LogP contribution in [0, 0.1) is 12.8 Å². The highest BCUT2D eigenvalue weighted by atomic mass is 32.2. The zero-order chi connectivity index (χ0) is 27.3. The summed E-state index contributed by atoms with van der Waals surface area (Å²) in [6, 6.07) is 24.3. The van der Waals surface area contributed by atoms with Gasteiger partial charge in [-0.15, -0.1) is 0 Å². The highest BCUT2D eigenvalue weighted by Gasteiger charge is 2.45. The summed E-state index contributed by atoms with van der Waals surface area (Å²) in [5, 5.41) is 9.93. The Hall–Kier alpha value is -2.81. The van der Waals surface area contributed by atoms with E-state index in [9.17, 15) is 18.3 Å². The van der Waals surface area contributed by atoms with Crippen molar-refractivity contribution < 1.29 is 18.3 Å². The quantitative estimate of drug-likeness (QED) is 0.333. The van der Waals surface area contributed by atoms with E-state index < -0.39 is 28.0 Å². The molecular weight excluding hydrogens is 516 g/mol. The highest BCUT2D eigenvalue weighted by Crippen LogP contribution is 2.43. The van der Waals surface area contributed by atoms with Crippen molar-refractivity contribution in [2.75, 3.05) is 24.5 Å². The second-order valence-electron chi connectivity index (χ2n) is 9.68. The van der Waals surface area contributed by atoms with E-state index in [0.29, 0.717) is 12.2 Å². The fourth-order valence-corrected chi connectivity index (χ4v) is 8.05. The van der Waals surface area contributed by atoms with Crippen LogP contribution in [0.25, 0.3) is 0 Å². The van der Waals surface area contributed by atoms with Crippen molar-refractivity contribution in [1.82, 2.24) is 4.31 Å². The van der Waals surface area contributed by atoms with E-state index in [4.69, 9.17) is 0 Å². The van der Waals surface area contributed by atoms with Crippen LogP contribution in [0.15, 0.2) is 83.8 Å². The number of anilines is 1. The van der Waals surface area contributed by atoms with Gasteiger partial charge < -0.3 is 10.0 Å². The molecule has 1 N–H and O–H groups in total. The van der Waals surface area contributed by atoms with E-state index in [1.165, 1.54) is 4.31 Å². The van der Waals surface area contributed by atoms with Gasteiger partial charge in [0, 0.05) is 36.3 Å². The third-order valence-corrected chi connectivity index (χ3v) is 10.6. The van der Waals surface area contributed by atoms with E-state index in [1.807, 2.05) is 61.5 Å². The molecule has 3 aromatic carbocycles. The lowest BCUT2D eigenvalue weighted by Crippen LogP contribution is -2.49. The molecule has 1 fully saturated rings. The first-order valence-corrected chi connectivity index (χ1v) is 15.5. The molecule has 8 heteroatoms. The fraction of sp³-hybridized carbons (Fsp3) is 0.367. The van der Waals surface area contributed by atoms with Crippen LogP contribution in [0.2, 0.25) is 0 Å². The molecule has 3 aromatic rings. The minimum absolute atomic E-state index is 0.0690. The van der Waals surface area contributed by atoms with Crippen LogP contribution in [-0.4, -0.2) is 48.7 Å². The van der Waals surface area contributed by atoms with Gasteiger partial charge in [-0.2, -0.15) is 16.1 Å². The first kappa shape index (κ1) is 28.2. The van der Waals surface area contributed by atoms with Crippen LogP contribution >= 0.6 is 11.8 Å². The van der Waals surface area contributed by atoms with Crippen molar-refractivity contribution in [3.8, 4) is 0 Å². The topological polar surface area (TPSA) is 77.9 Å². The van der Waals surface area contributed by atoms with Crippen molar-refractivity contribution in [2.45, 2.75) is 49.1 Å². The zero-order valence-electron chi connectivity index (χ0n) is 22.2. The van der Waals surface area contributed by atoms with E-state index in [2.05, 4.69) is 18.7 Å². The molecule has 3 atom stereocenters. The zero-order valence-corrected chi connectivity index (χ0v) is 23.8. The first-order valence-electron chi connectivity index (χ1n) is 13.1. The second-order valence-corrected chi connectivity index (χ2v) is 12.8. The molecule has 1 heterocycles. The van der Waals surface area contributed by atoms with Crippen molar-refractivity contribution in [1.29, 1.82) is 0 Å². The average Bonchev–Trinajstić information content (AvgIpc) is 2.93. The molecule has 0 unspecified atom stereocenters. The molecule has 38 heavy (non-hydrogen) atoms. The maximum atomic E-state index is 13.9. The number of aryl methyl sites for hydroxylation is 1. The lowest BCUT2D eigenvalue weighted by molar-refractivity contribution is -0.143. The second kappa shape index (κ2) is 12.4. The Morgan fingerprint density at radius 3 is 2.18 bits per heavy atom. The number of carboxylic acid groups (broad SMARTS) is 1. The van der Waals surface area contributed by atoms with Gasteiger partial charge in [-0.3, -0.25) is 4.79 Å². The number of hydrogen-bond acceptors (Lipinski definition) is 5. The Bertz CT molecular complexity index is 1310. The Labute approximate surface area is 230 Å². The summed E-state index contributed by atoms with van der Waals surface area (Å²) in [7, 11) is -3.92. The summed E-state index contributed by atoms with van der Waals surface area (Å²) in [6.07, 6.45) is 0.421. The normalized spacial score (nSPS) is 20.2. The maximum absolute atomic E-state index is 13.9.